The van der Waals surface area contributed by atoms with Gasteiger partial charge in [0.1, 0.15) is 5.78 Å². The summed E-state index contributed by atoms with van der Waals surface area (Å²) in [5.74, 6) is 2.06. The zero-order valence-electron chi connectivity index (χ0n) is 13.5. The van der Waals surface area contributed by atoms with Crippen molar-refractivity contribution in [1.82, 2.24) is 4.90 Å². The second-order valence-corrected chi connectivity index (χ2v) is 7.54. The van der Waals surface area contributed by atoms with Crippen LogP contribution in [-0.2, 0) is 4.79 Å². The fraction of sp³-hybridized carbons (Fsp3) is 0.650. The van der Waals surface area contributed by atoms with Crippen molar-refractivity contribution < 1.29 is 4.79 Å². The molecule has 3 aliphatic rings. The maximum atomic E-state index is 11.4. The van der Waals surface area contributed by atoms with Crippen molar-refractivity contribution in [1.29, 1.82) is 0 Å². The minimum absolute atomic E-state index is 0.480. The highest BCUT2D eigenvalue weighted by Gasteiger charge is 2.33. The molecule has 0 unspecified atom stereocenters. The second kappa shape index (κ2) is 6.16. The molecule has 0 aromatic heterocycles. The van der Waals surface area contributed by atoms with Crippen LogP contribution < -0.4 is 0 Å². The summed E-state index contributed by atoms with van der Waals surface area (Å²) in [5, 5.41) is 0. The van der Waals surface area contributed by atoms with Crippen molar-refractivity contribution >= 4 is 5.78 Å². The zero-order valence-corrected chi connectivity index (χ0v) is 13.5. The summed E-state index contributed by atoms with van der Waals surface area (Å²) in [7, 11) is 0. The van der Waals surface area contributed by atoms with Gasteiger partial charge in [0.05, 0.1) is 0 Å². The number of carbonyl (C=O) groups is 1. The van der Waals surface area contributed by atoms with Gasteiger partial charge in [-0.15, -0.1) is 0 Å². The van der Waals surface area contributed by atoms with Gasteiger partial charge in [-0.05, 0) is 68.0 Å². The number of benzene rings is 1. The third-order valence-electron chi connectivity index (χ3n) is 5.89. The Balaban J connectivity index is 1.48. The maximum Gasteiger partial charge on any atom is 0.132 e. The number of Topliss-reactive ketones (excluding diaryl/α,β-unsaturated/α-hetero) is 1. The van der Waals surface area contributed by atoms with Crippen LogP contribution in [0.25, 0.3) is 0 Å². The summed E-state index contributed by atoms with van der Waals surface area (Å²) >= 11 is 0. The number of likely N-dealkylation sites (tertiary alicyclic amines) is 1. The molecule has 1 atom stereocenters. The molecule has 0 bridgehead atoms. The lowest BCUT2D eigenvalue weighted by molar-refractivity contribution is -0.121. The predicted molar refractivity (Wildman–Crippen MR) is 88.9 cm³/mol. The SMILES string of the molecule is O=C1CCC(CN2CCC[C@H]2c2ccccc2C2CC2)CC1. The molecule has 2 saturated carbocycles. The van der Waals surface area contributed by atoms with E-state index in [1.165, 1.54) is 38.8 Å². The second-order valence-electron chi connectivity index (χ2n) is 7.54. The van der Waals surface area contributed by atoms with Crippen LogP contribution in [0, 0.1) is 5.92 Å². The Kier molecular flexibility index (Phi) is 4.04. The van der Waals surface area contributed by atoms with E-state index in [-0.39, 0.29) is 0 Å². The molecule has 2 heteroatoms. The quantitative estimate of drug-likeness (QED) is 0.817. The molecule has 0 N–H and O–H groups in total. The highest BCUT2D eigenvalue weighted by atomic mass is 16.1. The fourth-order valence-electron chi connectivity index (χ4n) is 4.49. The largest absolute Gasteiger partial charge is 0.300 e. The van der Waals surface area contributed by atoms with Gasteiger partial charge >= 0.3 is 0 Å². The molecule has 1 heterocycles. The number of nitrogens with zero attached hydrogens (tertiary/aromatic N) is 1. The lowest BCUT2D eigenvalue weighted by Crippen LogP contribution is -2.31. The molecule has 1 aromatic carbocycles. The molecule has 118 valence electrons. The fourth-order valence-corrected chi connectivity index (χ4v) is 4.49. The van der Waals surface area contributed by atoms with Gasteiger partial charge in [0.2, 0.25) is 0 Å². The molecule has 0 amide bonds. The van der Waals surface area contributed by atoms with E-state index in [4.69, 9.17) is 0 Å². The minimum Gasteiger partial charge on any atom is -0.300 e. The average Bonchev–Trinajstić information content (AvgIpc) is 3.29. The summed E-state index contributed by atoms with van der Waals surface area (Å²) in [6.45, 7) is 2.45. The van der Waals surface area contributed by atoms with E-state index < -0.39 is 0 Å². The van der Waals surface area contributed by atoms with E-state index in [2.05, 4.69) is 29.2 Å². The van der Waals surface area contributed by atoms with Gasteiger partial charge < -0.3 is 0 Å². The Morgan fingerprint density at radius 2 is 1.68 bits per heavy atom. The predicted octanol–water partition coefficient (Wildman–Crippen LogP) is 4.46. The molecule has 0 radical (unpaired) electrons. The first-order valence-electron chi connectivity index (χ1n) is 9.16. The smallest absolute Gasteiger partial charge is 0.132 e. The van der Waals surface area contributed by atoms with Crippen LogP contribution in [0.4, 0.5) is 0 Å². The van der Waals surface area contributed by atoms with E-state index in [1.807, 2.05) is 0 Å². The van der Waals surface area contributed by atoms with Crippen LogP contribution in [0.2, 0.25) is 0 Å². The third-order valence-corrected chi connectivity index (χ3v) is 5.89. The van der Waals surface area contributed by atoms with Gasteiger partial charge in [-0.3, -0.25) is 9.69 Å². The van der Waals surface area contributed by atoms with Crippen molar-refractivity contribution in [2.75, 3.05) is 13.1 Å². The van der Waals surface area contributed by atoms with E-state index in [0.717, 1.165) is 37.5 Å². The Hall–Kier alpha value is -1.15. The first kappa shape index (κ1) is 14.4. The molecular weight excluding hydrogens is 270 g/mol. The summed E-state index contributed by atoms with van der Waals surface area (Å²) in [5.41, 5.74) is 3.23. The highest BCUT2D eigenvalue weighted by molar-refractivity contribution is 5.79. The molecule has 2 nitrogen and oxygen atoms in total. The van der Waals surface area contributed by atoms with Gasteiger partial charge in [0.25, 0.3) is 0 Å². The number of carbonyl (C=O) groups excluding carboxylic acids is 1. The summed E-state index contributed by atoms with van der Waals surface area (Å²) in [6.07, 6.45) is 9.29. The van der Waals surface area contributed by atoms with Crippen molar-refractivity contribution in [3.8, 4) is 0 Å². The number of hydrogen-bond acceptors (Lipinski definition) is 2. The van der Waals surface area contributed by atoms with Gasteiger partial charge in [-0.25, -0.2) is 0 Å². The molecule has 1 saturated heterocycles. The Labute approximate surface area is 133 Å². The Bertz CT molecular complexity index is 538. The van der Waals surface area contributed by atoms with Crippen LogP contribution in [0.1, 0.15) is 74.5 Å². The van der Waals surface area contributed by atoms with Gasteiger partial charge in [0, 0.05) is 25.4 Å². The summed E-state index contributed by atoms with van der Waals surface area (Å²) in [6, 6.07) is 9.80. The van der Waals surface area contributed by atoms with Crippen molar-refractivity contribution in [3.05, 3.63) is 35.4 Å². The van der Waals surface area contributed by atoms with Gasteiger partial charge in [-0.2, -0.15) is 0 Å². The van der Waals surface area contributed by atoms with Crippen LogP contribution in [0.15, 0.2) is 24.3 Å². The van der Waals surface area contributed by atoms with Crippen molar-refractivity contribution in [2.24, 2.45) is 5.92 Å². The maximum absolute atomic E-state index is 11.4. The molecule has 0 spiro atoms. The van der Waals surface area contributed by atoms with E-state index in [1.54, 1.807) is 11.1 Å². The molecule has 1 aromatic rings. The molecule has 4 rings (SSSR count). The normalized spacial score (nSPS) is 27.5. The average molecular weight is 297 g/mol. The van der Waals surface area contributed by atoms with Gasteiger partial charge in [-0.1, -0.05) is 24.3 Å². The molecule has 1 aliphatic heterocycles. The van der Waals surface area contributed by atoms with Crippen molar-refractivity contribution in [3.63, 3.8) is 0 Å². The van der Waals surface area contributed by atoms with Crippen molar-refractivity contribution in [2.45, 2.75) is 63.3 Å². The monoisotopic (exact) mass is 297 g/mol. The first-order chi connectivity index (χ1) is 10.8. The number of ketones is 1. The minimum atomic E-state index is 0.480. The summed E-state index contributed by atoms with van der Waals surface area (Å²) < 4.78 is 0. The first-order valence-corrected chi connectivity index (χ1v) is 9.16. The Morgan fingerprint density at radius 1 is 0.955 bits per heavy atom. The lowest BCUT2D eigenvalue weighted by atomic mass is 9.87. The van der Waals surface area contributed by atoms with E-state index in [9.17, 15) is 4.79 Å². The zero-order chi connectivity index (χ0) is 14.9. The highest BCUT2D eigenvalue weighted by Crippen LogP contribution is 2.45. The number of rotatable bonds is 4. The van der Waals surface area contributed by atoms with Gasteiger partial charge in [0.15, 0.2) is 0 Å². The van der Waals surface area contributed by atoms with E-state index in [0.29, 0.717) is 11.8 Å². The third kappa shape index (κ3) is 2.99. The van der Waals surface area contributed by atoms with Crippen LogP contribution in [-0.4, -0.2) is 23.8 Å². The standard InChI is InChI=1S/C20H27NO/c22-17-11-7-15(8-12-17)14-21-13-3-6-20(21)19-5-2-1-4-18(19)16-9-10-16/h1-2,4-5,15-16,20H,3,6-14H2/t20-/m0/s1. The number of hydrogen-bond donors (Lipinski definition) is 0. The van der Waals surface area contributed by atoms with E-state index >= 15 is 0 Å². The molecule has 3 fully saturated rings. The molecule has 22 heavy (non-hydrogen) atoms. The lowest BCUT2D eigenvalue weighted by Gasteiger charge is -2.31. The van der Waals surface area contributed by atoms with Crippen LogP contribution >= 0.6 is 0 Å². The van der Waals surface area contributed by atoms with Crippen LogP contribution in [0.5, 0.6) is 0 Å². The molecular formula is C20H27NO. The topological polar surface area (TPSA) is 20.3 Å². The van der Waals surface area contributed by atoms with Crippen LogP contribution in [0.3, 0.4) is 0 Å². The Morgan fingerprint density at radius 3 is 2.41 bits per heavy atom. The molecule has 2 aliphatic carbocycles. The summed E-state index contributed by atoms with van der Waals surface area (Å²) in [4.78, 5) is 14.2.